The van der Waals surface area contributed by atoms with E-state index in [1.165, 1.54) is 7.11 Å². The fourth-order valence-corrected chi connectivity index (χ4v) is 2.06. The van der Waals surface area contributed by atoms with Crippen molar-refractivity contribution in [1.29, 1.82) is 0 Å². The van der Waals surface area contributed by atoms with Crippen LogP contribution in [0.5, 0.6) is 0 Å². The third-order valence-corrected chi connectivity index (χ3v) is 2.89. The van der Waals surface area contributed by atoms with Gasteiger partial charge in [0.1, 0.15) is 18.7 Å². The molecule has 2 aliphatic rings. The van der Waals surface area contributed by atoms with Crippen LogP contribution in [0, 0.1) is 0 Å². The number of esters is 1. The van der Waals surface area contributed by atoms with Crippen LogP contribution in [-0.2, 0) is 9.47 Å². The van der Waals surface area contributed by atoms with Gasteiger partial charge in [-0.05, 0) is 18.2 Å². The second-order valence-electron chi connectivity index (χ2n) is 3.87. The standard InChI is InChI=1S/C12H12N2O3/c1-16-12(15)8-2-3-9-10(6-8)14-4-5-17-7-11(14)13-9/h2-3,6-7,13H,4-5H2,1H3. The summed E-state index contributed by atoms with van der Waals surface area (Å²) in [5.74, 6) is 0.590. The maximum absolute atomic E-state index is 11.5. The predicted octanol–water partition coefficient (Wildman–Crippen LogP) is 1.53. The molecular formula is C12H12N2O3. The molecule has 0 saturated carbocycles. The number of anilines is 2. The Morgan fingerprint density at radius 3 is 3.24 bits per heavy atom. The average molecular weight is 232 g/mol. The van der Waals surface area contributed by atoms with Crippen molar-refractivity contribution in [2.24, 2.45) is 0 Å². The Hall–Kier alpha value is -2.17. The van der Waals surface area contributed by atoms with Gasteiger partial charge in [-0.2, -0.15) is 0 Å². The summed E-state index contributed by atoms with van der Waals surface area (Å²) in [6.07, 6.45) is 1.70. The van der Waals surface area contributed by atoms with Crippen molar-refractivity contribution in [3.05, 3.63) is 35.8 Å². The first-order valence-corrected chi connectivity index (χ1v) is 5.38. The largest absolute Gasteiger partial charge is 0.496 e. The van der Waals surface area contributed by atoms with Gasteiger partial charge in [-0.25, -0.2) is 4.79 Å². The molecule has 0 spiro atoms. The fourth-order valence-electron chi connectivity index (χ4n) is 2.06. The van der Waals surface area contributed by atoms with Crippen LogP contribution in [0.2, 0.25) is 0 Å². The van der Waals surface area contributed by atoms with Gasteiger partial charge in [-0.1, -0.05) is 0 Å². The molecule has 0 amide bonds. The van der Waals surface area contributed by atoms with Gasteiger partial charge in [0.2, 0.25) is 0 Å². The van der Waals surface area contributed by atoms with Crippen LogP contribution in [-0.4, -0.2) is 26.2 Å². The van der Waals surface area contributed by atoms with Crippen LogP contribution < -0.4 is 10.2 Å². The minimum atomic E-state index is -0.321. The lowest BCUT2D eigenvalue weighted by Gasteiger charge is -2.23. The van der Waals surface area contributed by atoms with Crippen molar-refractivity contribution < 1.29 is 14.3 Å². The molecule has 1 aromatic rings. The van der Waals surface area contributed by atoms with Gasteiger partial charge in [0, 0.05) is 0 Å². The van der Waals surface area contributed by atoms with Gasteiger partial charge in [0.05, 0.1) is 30.6 Å². The Morgan fingerprint density at radius 2 is 2.41 bits per heavy atom. The molecule has 1 aromatic carbocycles. The number of hydrogen-bond acceptors (Lipinski definition) is 5. The maximum atomic E-state index is 11.5. The van der Waals surface area contributed by atoms with Gasteiger partial charge in [0.15, 0.2) is 0 Å². The number of benzene rings is 1. The van der Waals surface area contributed by atoms with E-state index in [9.17, 15) is 4.79 Å². The monoisotopic (exact) mass is 232 g/mol. The summed E-state index contributed by atoms with van der Waals surface area (Å²) < 4.78 is 9.97. The Kier molecular flexibility index (Phi) is 2.18. The van der Waals surface area contributed by atoms with Crippen LogP contribution in [0.4, 0.5) is 11.4 Å². The lowest BCUT2D eigenvalue weighted by Crippen LogP contribution is -2.28. The van der Waals surface area contributed by atoms with Crippen molar-refractivity contribution in [2.75, 3.05) is 30.5 Å². The SMILES string of the molecule is COC(=O)c1ccc2c(c1)N1CCOC=C1N2. The molecule has 0 aromatic heterocycles. The number of rotatable bonds is 1. The number of ether oxygens (including phenoxy) is 2. The molecule has 1 N–H and O–H groups in total. The minimum absolute atomic E-state index is 0.321. The molecule has 2 heterocycles. The molecule has 17 heavy (non-hydrogen) atoms. The van der Waals surface area contributed by atoms with E-state index in [-0.39, 0.29) is 5.97 Å². The molecule has 0 atom stereocenters. The van der Waals surface area contributed by atoms with Crippen LogP contribution in [0.15, 0.2) is 30.3 Å². The van der Waals surface area contributed by atoms with E-state index < -0.39 is 0 Å². The normalized spacial score (nSPS) is 16.3. The predicted molar refractivity (Wildman–Crippen MR) is 62.8 cm³/mol. The molecule has 2 aliphatic heterocycles. The number of methoxy groups -OCH3 is 1. The zero-order chi connectivity index (χ0) is 11.8. The van der Waals surface area contributed by atoms with Crippen LogP contribution in [0.1, 0.15) is 10.4 Å². The summed E-state index contributed by atoms with van der Waals surface area (Å²) in [4.78, 5) is 13.6. The number of fused-ring (bicyclic) bond motifs is 3. The van der Waals surface area contributed by atoms with Gasteiger partial charge < -0.3 is 19.7 Å². The minimum Gasteiger partial charge on any atom is -0.496 e. The molecule has 0 bridgehead atoms. The molecule has 0 saturated heterocycles. The smallest absolute Gasteiger partial charge is 0.337 e. The molecule has 88 valence electrons. The summed E-state index contributed by atoms with van der Waals surface area (Å²) in [7, 11) is 1.38. The summed E-state index contributed by atoms with van der Waals surface area (Å²) in [6.45, 7) is 1.42. The lowest BCUT2D eigenvalue weighted by molar-refractivity contribution is 0.0601. The third kappa shape index (κ3) is 1.51. The van der Waals surface area contributed by atoms with Crippen LogP contribution >= 0.6 is 0 Å². The summed E-state index contributed by atoms with van der Waals surface area (Å²) in [5, 5.41) is 3.23. The van der Waals surface area contributed by atoms with E-state index in [0.29, 0.717) is 12.2 Å². The van der Waals surface area contributed by atoms with Crippen molar-refractivity contribution >= 4 is 17.3 Å². The van der Waals surface area contributed by atoms with Crippen molar-refractivity contribution in [2.45, 2.75) is 0 Å². The molecule has 0 fully saturated rings. The van der Waals surface area contributed by atoms with E-state index in [4.69, 9.17) is 9.47 Å². The quantitative estimate of drug-likeness (QED) is 0.744. The Bertz CT molecular complexity index is 510. The van der Waals surface area contributed by atoms with Crippen LogP contribution in [0.25, 0.3) is 0 Å². The summed E-state index contributed by atoms with van der Waals surface area (Å²) >= 11 is 0. The van der Waals surface area contributed by atoms with Gasteiger partial charge >= 0.3 is 5.97 Å². The van der Waals surface area contributed by atoms with E-state index in [1.54, 1.807) is 12.3 Å². The van der Waals surface area contributed by atoms with Gasteiger partial charge in [0.25, 0.3) is 0 Å². The third-order valence-electron chi connectivity index (χ3n) is 2.89. The Morgan fingerprint density at radius 1 is 1.53 bits per heavy atom. The van der Waals surface area contributed by atoms with Crippen molar-refractivity contribution in [3.63, 3.8) is 0 Å². The first kappa shape index (κ1) is 10.0. The number of hydrogen-bond donors (Lipinski definition) is 1. The molecular weight excluding hydrogens is 220 g/mol. The maximum Gasteiger partial charge on any atom is 0.337 e. The molecule has 3 rings (SSSR count). The average Bonchev–Trinajstić information content (AvgIpc) is 2.75. The summed E-state index contributed by atoms with van der Waals surface area (Å²) in [5.41, 5.74) is 2.53. The Balaban J connectivity index is 2.02. The lowest BCUT2D eigenvalue weighted by atomic mass is 10.1. The first-order valence-electron chi connectivity index (χ1n) is 5.38. The van der Waals surface area contributed by atoms with Gasteiger partial charge in [-0.15, -0.1) is 0 Å². The second kappa shape index (κ2) is 3.69. The molecule has 0 aliphatic carbocycles. The van der Waals surface area contributed by atoms with E-state index in [0.717, 1.165) is 23.7 Å². The first-order chi connectivity index (χ1) is 8.29. The van der Waals surface area contributed by atoms with Crippen molar-refractivity contribution in [3.8, 4) is 0 Å². The highest BCUT2D eigenvalue weighted by molar-refractivity contribution is 5.94. The Labute approximate surface area is 98.6 Å². The highest BCUT2D eigenvalue weighted by Crippen LogP contribution is 2.37. The zero-order valence-electron chi connectivity index (χ0n) is 9.40. The number of nitrogens with one attached hydrogen (secondary N) is 1. The fraction of sp³-hybridized carbons (Fsp3) is 0.250. The zero-order valence-corrected chi connectivity index (χ0v) is 9.40. The number of carbonyl (C=O) groups excluding carboxylic acids is 1. The highest BCUT2D eigenvalue weighted by Gasteiger charge is 2.27. The van der Waals surface area contributed by atoms with E-state index in [2.05, 4.69) is 10.2 Å². The summed E-state index contributed by atoms with van der Waals surface area (Å²) in [6, 6.07) is 5.46. The van der Waals surface area contributed by atoms with E-state index >= 15 is 0 Å². The van der Waals surface area contributed by atoms with E-state index in [1.807, 2.05) is 12.1 Å². The van der Waals surface area contributed by atoms with Gasteiger partial charge in [-0.3, -0.25) is 0 Å². The molecule has 0 radical (unpaired) electrons. The molecule has 5 nitrogen and oxygen atoms in total. The molecule has 5 heteroatoms. The highest BCUT2D eigenvalue weighted by atomic mass is 16.5. The number of nitrogens with zero attached hydrogens (tertiary/aromatic N) is 1. The topological polar surface area (TPSA) is 50.8 Å². The number of carbonyl (C=O) groups is 1. The van der Waals surface area contributed by atoms with Crippen LogP contribution in [0.3, 0.4) is 0 Å². The second-order valence-corrected chi connectivity index (χ2v) is 3.87. The van der Waals surface area contributed by atoms with Crippen molar-refractivity contribution in [1.82, 2.24) is 0 Å². The molecule has 0 unspecified atom stereocenters.